The number of carbonyl (C=O) groups is 1. The largest absolute Gasteiger partial charge is 0.478 e. The Kier molecular flexibility index (Phi) is 3.16. The number of pyridine rings is 1. The number of nitrogens with zero attached hydrogens (tertiary/aromatic N) is 1. The minimum absolute atomic E-state index is 0.0270. The fourth-order valence-electron chi connectivity index (χ4n) is 1.99. The molecular weight excluding hydrogens is 301 g/mol. The van der Waals surface area contributed by atoms with Gasteiger partial charge in [0.25, 0.3) is 0 Å². The van der Waals surface area contributed by atoms with E-state index in [0.717, 1.165) is 4.88 Å². The van der Waals surface area contributed by atoms with E-state index in [1.165, 1.54) is 29.5 Å². The molecule has 3 aromatic rings. The molecule has 20 heavy (non-hydrogen) atoms. The molecule has 0 saturated carbocycles. The molecule has 100 valence electrons. The molecule has 1 aromatic carbocycles. The molecule has 0 saturated heterocycles. The van der Waals surface area contributed by atoms with E-state index < -0.39 is 11.8 Å². The Labute approximate surface area is 122 Å². The number of thiophene rings is 1. The lowest BCUT2D eigenvalue weighted by atomic mass is 10.1. The molecule has 0 fully saturated rings. The summed E-state index contributed by atoms with van der Waals surface area (Å²) in [5, 5.41) is 11.5. The molecule has 3 rings (SSSR count). The number of hydrogen-bond acceptors (Lipinski definition) is 3. The van der Waals surface area contributed by atoms with Gasteiger partial charge in [0.1, 0.15) is 11.3 Å². The maximum absolute atomic E-state index is 13.9. The summed E-state index contributed by atoms with van der Waals surface area (Å²) >= 11 is 7.39. The van der Waals surface area contributed by atoms with E-state index in [-0.39, 0.29) is 21.5 Å². The van der Waals surface area contributed by atoms with Crippen molar-refractivity contribution in [2.75, 3.05) is 0 Å². The average molecular weight is 308 g/mol. The summed E-state index contributed by atoms with van der Waals surface area (Å²) in [5.74, 6) is -1.76. The Morgan fingerprint density at radius 3 is 2.80 bits per heavy atom. The SMILES string of the molecule is O=C(O)c1cc(-c2cccs2)nc2c(F)ccc(Cl)c12. The fraction of sp³-hybridized carbons (Fsp3) is 0. The van der Waals surface area contributed by atoms with Gasteiger partial charge in [0.2, 0.25) is 0 Å². The third-order valence-corrected chi connectivity index (χ3v) is 4.07. The predicted octanol–water partition coefficient (Wildman–Crippen LogP) is 4.45. The monoisotopic (exact) mass is 307 g/mol. The molecule has 0 unspecified atom stereocenters. The minimum Gasteiger partial charge on any atom is -0.478 e. The van der Waals surface area contributed by atoms with Crippen molar-refractivity contribution >= 4 is 39.8 Å². The summed E-state index contributed by atoms with van der Waals surface area (Å²) in [5.41, 5.74) is 0.342. The van der Waals surface area contributed by atoms with Gasteiger partial charge in [-0.1, -0.05) is 17.7 Å². The Morgan fingerprint density at radius 1 is 1.35 bits per heavy atom. The number of carboxylic acid groups (broad SMARTS) is 1. The number of rotatable bonds is 2. The molecule has 1 N–H and O–H groups in total. The van der Waals surface area contributed by atoms with Crippen LogP contribution in [0.25, 0.3) is 21.5 Å². The van der Waals surface area contributed by atoms with E-state index in [2.05, 4.69) is 4.98 Å². The summed E-state index contributed by atoms with van der Waals surface area (Å²) in [6.07, 6.45) is 0. The molecule has 0 aliphatic carbocycles. The molecule has 0 bridgehead atoms. The molecule has 6 heteroatoms. The fourth-order valence-corrected chi connectivity index (χ4v) is 2.93. The van der Waals surface area contributed by atoms with Crippen LogP contribution in [0.5, 0.6) is 0 Å². The van der Waals surface area contributed by atoms with Gasteiger partial charge in [-0.3, -0.25) is 0 Å². The number of hydrogen-bond donors (Lipinski definition) is 1. The van der Waals surface area contributed by atoms with Crippen molar-refractivity contribution in [1.29, 1.82) is 0 Å². The second kappa shape index (κ2) is 4.85. The first-order valence-electron chi connectivity index (χ1n) is 5.64. The highest BCUT2D eigenvalue weighted by Crippen LogP contribution is 2.32. The van der Waals surface area contributed by atoms with E-state index in [1.54, 1.807) is 6.07 Å². The van der Waals surface area contributed by atoms with E-state index >= 15 is 0 Å². The first kappa shape index (κ1) is 13.0. The zero-order valence-electron chi connectivity index (χ0n) is 9.93. The van der Waals surface area contributed by atoms with Crippen molar-refractivity contribution in [2.45, 2.75) is 0 Å². The Hall–Kier alpha value is -1.98. The molecular formula is C14H7ClFNO2S. The number of fused-ring (bicyclic) bond motifs is 1. The summed E-state index contributed by atoms with van der Waals surface area (Å²) in [6.45, 7) is 0. The first-order chi connectivity index (χ1) is 9.58. The van der Waals surface area contributed by atoms with Crippen LogP contribution in [-0.2, 0) is 0 Å². The van der Waals surface area contributed by atoms with Crippen molar-refractivity contribution in [3.63, 3.8) is 0 Å². The van der Waals surface area contributed by atoms with Crippen molar-refractivity contribution in [3.05, 3.63) is 52.1 Å². The Balaban J connectivity index is 2.43. The second-order valence-electron chi connectivity index (χ2n) is 4.09. The maximum Gasteiger partial charge on any atom is 0.336 e. The molecule has 0 aliphatic rings. The van der Waals surface area contributed by atoms with E-state index in [0.29, 0.717) is 5.69 Å². The van der Waals surface area contributed by atoms with Crippen LogP contribution in [0.4, 0.5) is 4.39 Å². The van der Waals surface area contributed by atoms with Crippen molar-refractivity contribution in [2.24, 2.45) is 0 Å². The predicted molar refractivity (Wildman–Crippen MR) is 77.0 cm³/mol. The van der Waals surface area contributed by atoms with Crippen LogP contribution in [-0.4, -0.2) is 16.1 Å². The first-order valence-corrected chi connectivity index (χ1v) is 6.89. The highest BCUT2D eigenvalue weighted by atomic mass is 35.5. The van der Waals surface area contributed by atoms with Gasteiger partial charge in [-0.15, -0.1) is 11.3 Å². The van der Waals surface area contributed by atoms with Gasteiger partial charge in [0, 0.05) is 5.39 Å². The molecule has 0 spiro atoms. The lowest BCUT2D eigenvalue weighted by Gasteiger charge is -2.08. The van der Waals surface area contributed by atoms with Crippen LogP contribution in [0.2, 0.25) is 5.02 Å². The molecule has 3 nitrogen and oxygen atoms in total. The Bertz CT molecular complexity index is 818. The molecule has 2 heterocycles. The topological polar surface area (TPSA) is 50.2 Å². The van der Waals surface area contributed by atoms with Gasteiger partial charge in [-0.05, 0) is 29.6 Å². The molecule has 0 aliphatic heterocycles. The maximum atomic E-state index is 13.9. The quantitative estimate of drug-likeness (QED) is 0.760. The van der Waals surface area contributed by atoms with E-state index in [1.807, 2.05) is 11.4 Å². The normalized spacial score (nSPS) is 10.9. The van der Waals surface area contributed by atoms with Crippen LogP contribution < -0.4 is 0 Å². The lowest BCUT2D eigenvalue weighted by Crippen LogP contribution is -2.01. The van der Waals surface area contributed by atoms with Crippen molar-refractivity contribution in [3.8, 4) is 10.6 Å². The molecule has 0 amide bonds. The molecule has 2 aromatic heterocycles. The minimum atomic E-state index is -1.16. The van der Waals surface area contributed by atoms with Gasteiger partial charge in [-0.2, -0.15) is 0 Å². The number of benzene rings is 1. The molecule has 0 radical (unpaired) electrons. The van der Waals surface area contributed by atoms with E-state index in [9.17, 15) is 14.3 Å². The van der Waals surface area contributed by atoms with Gasteiger partial charge in [0.15, 0.2) is 0 Å². The standard InChI is InChI=1S/C14H7ClFNO2S/c15-8-3-4-9(16)13-12(8)7(14(18)19)6-10(17-13)11-2-1-5-20-11/h1-6H,(H,18,19). The second-order valence-corrected chi connectivity index (χ2v) is 5.45. The summed E-state index contributed by atoms with van der Waals surface area (Å²) < 4.78 is 13.9. The Morgan fingerprint density at radius 2 is 2.15 bits per heavy atom. The number of carboxylic acids is 1. The van der Waals surface area contributed by atoms with Crippen LogP contribution in [0.1, 0.15) is 10.4 Å². The third-order valence-electron chi connectivity index (χ3n) is 2.86. The highest BCUT2D eigenvalue weighted by Gasteiger charge is 2.18. The number of halogens is 2. The van der Waals surface area contributed by atoms with E-state index in [4.69, 9.17) is 11.6 Å². The highest BCUT2D eigenvalue weighted by molar-refractivity contribution is 7.13. The van der Waals surface area contributed by atoms with Crippen LogP contribution in [0.15, 0.2) is 35.7 Å². The zero-order chi connectivity index (χ0) is 14.3. The summed E-state index contributed by atoms with van der Waals surface area (Å²) in [6, 6.07) is 7.55. The molecule has 0 atom stereocenters. The average Bonchev–Trinajstić information content (AvgIpc) is 2.96. The number of aromatic nitrogens is 1. The smallest absolute Gasteiger partial charge is 0.336 e. The van der Waals surface area contributed by atoms with Gasteiger partial charge in [-0.25, -0.2) is 14.2 Å². The van der Waals surface area contributed by atoms with Gasteiger partial charge < -0.3 is 5.11 Å². The number of aromatic carboxylic acids is 1. The van der Waals surface area contributed by atoms with Crippen LogP contribution >= 0.6 is 22.9 Å². The zero-order valence-corrected chi connectivity index (χ0v) is 11.5. The van der Waals surface area contributed by atoms with Crippen molar-refractivity contribution < 1.29 is 14.3 Å². The third kappa shape index (κ3) is 2.05. The van der Waals surface area contributed by atoms with Gasteiger partial charge in [0.05, 0.1) is 21.2 Å². The summed E-state index contributed by atoms with van der Waals surface area (Å²) in [4.78, 5) is 16.4. The lowest BCUT2D eigenvalue weighted by molar-refractivity contribution is 0.0699. The summed E-state index contributed by atoms with van der Waals surface area (Å²) in [7, 11) is 0. The van der Waals surface area contributed by atoms with Crippen LogP contribution in [0, 0.1) is 5.82 Å². The van der Waals surface area contributed by atoms with Crippen molar-refractivity contribution in [1.82, 2.24) is 4.98 Å². The van der Waals surface area contributed by atoms with Gasteiger partial charge >= 0.3 is 5.97 Å². The van der Waals surface area contributed by atoms with Crippen LogP contribution in [0.3, 0.4) is 0 Å².